The first-order valence-corrected chi connectivity index (χ1v) is 14.0. The van der Waals surface area contributed by atoms with Gasteiger partial charge in [-0.25, -0.2) is 4.79 Å². The predicted octanol–water partition coefficient (Wildman–Crippen LogP) is 6.46. The molecule has 0 fully saturated rings. The summed E-state index contributed by atoms with van der Waals surface area (Å²) in [5.41, 5.74) is 1.87. The normalized spacial score (nSPS) is 12.6. The van der Waals surface area contributed by atoms with Gasteiger partial charge < -0.3 is 25.4 Å². The molecule has 0 radical (unpaired) electrons. The number of hydrogen-bond donors (Lipinski definition) is 3. The number of phenolic OH excluding ortho intramolecular Hbond substituents is 1. The highest BCUT2D eigenvalue weighted by Gasteiger charge is 2.34. The van der Waals surface area contributed by atoms with Gasteiger partial charge in [-0.3, -0.25) is 9.59 Å². The van der Waals surface area contributed by atoms with Crippen LogP contribution in [0.4, 0.5) is 10.5 Å². The van der Waals surface area contributed by atoms with Gasteiger partial charge in [-0.1, -0.05) is 73.3 Å². The molecule has 4 rings (SSSR count). The van der Waals surface area contributed by atoms with E-state index in [-0.39, 0.29) is 12.2 Å². The molecule has 2 unspecified atom stereocenters. The lowest BCUT2D eigenvalue weighted by Gasteiger charge is -2.32. The van der Waals surface area contributed by atoms with Crippen molar-refractivity contribution in [3.63, 3.8) is 0 Å². The van der Waals surface area contributed by atoms with E-state index in [1.165, 1.54) is 24.1 Å². The maximum absolute atomic E-state index is 14.1. The Hall–Kier alpha value is -5.11. The predicted molar refractivity (Wildman–Crippen MR) is 170 cm³/mol. The molecule has 0 aliphatic rings. The second-order valence-corrected chi connectivity index (χ2v) is 11.3. The summed E-state index contributed by atoms with van der Waals surface area (Å²) >= 11 is 0. The molecule has 8 nitrogen and oxygen atoms in total. The number of amides is 3. The molecule has 0 saturated carbocycles. The van der Waals surface area contributed by atoms with E-state index in [1.807, 2.05) is 48.5 Å². The molecular formula is C35H37N3O5. The Morgan fingerprint density at radius 3 is 2.30 bits per heavy atom. The second kappa shape index (κ2) is 13.2. The van der Waals surface area contributed by atoms with Crippen molar-refractivity contribution in [3.8, 4) is 5.75 Å². The summed E-state index contributed by atoms with van der Waals surface area (Å²) < 4.78 is 5.44. The first-order chi connectivity index (χ1) is 20.4. The quantitative estimate of drug-likeness (QED) is 0.211. The van der Waals surface area contributed by atoms with Crippen LogP contribution in [0.2, 0.25) is 0 Å². The number of carbonyl (C=O) groups is 3. The first kappa shape index (κ1) is 30.8. The van der Waals surface area contributed by atoms with Crippen molar-refractivity contribution < 1.29 is 24.2 Å². The number of hydrogen-bond acceptors (Lipinski definition) is 5. The minimum atomic E-state index is -1.07. The number of aromatic hydroxyl groups is 1. The van der Waals surface area contributed by atoms with Gasteiger partial charge in [-0.2, -0.15) is 0 Å². The van der Waals surface area contributed by atoms with E-state index < -0.39 is 35.6 Å². The molecule has 43 heavy (non-hydrogen) atoms. The number of ether oxygens (including phenoxy) is 1. The molecule has 0 bridgehead atoms. The molecule has 3 amide bonds. The van der Waals surface area contributed by atoms with Crippen molar-refractivity contribution in [2.75, 3.05) is 12.4 Å². The number of fused-ring (bicyclic) bond motifs is 1. The number of benzene rings is 4. The second-order valence-electron chi connectivity index (χ2n) is 11.3. The molecule has 2 atom stereocenters. The number of rotatable bonds is 9. The third-order valence-electron chi connectivity index (χ3n) is 6.83. The molecule has 0 saturated heterocycles. The zero-order valence-corrected chi connectivity index (χ0v) is 24.8. The van der Waals surface area contributed by atoms with Gasteiger partial charge in [-0.15, -0.1) is 0 Å². The molecule has 4 aromatic carbocycles. The summed E-state index contributed by atoms with van der Waals surface area (Å²) in [5, 5.41) is 17.4. The topological polar surface area (TPSA) is 108 Å². The van der Waals surface area contributed by atoms with E-state index in [9.17, 15) is 19.5 Å². The van der Waals surface area contributed by atoms with Crippen LogP contribution < -0.4 is 10.6 Å². The van der Waals surface area contributed by atoms with Gasteiger partial charge in [0.05, 0.1) is 0 Å². The van der Waals surface area contributed by atoms with Crippen molar-refractivity contribution in [1.29, 1.82) is 0 Å². The van der Waals surface area contributed by atoms with E-state index in [0.29, 0.717) is 16.8 Å². The van der Waals surface area contributed by atoms with E-state index >= 15 is 0 Å². The molecule has 4 aromatic rings. The fourth-order valence-corrected chi connectivity index (χ4v) is 4.78. The van der Waals surface area contributed by atoms with E-state index in [4.69, 9.17) is 4.74 Å². The van der Waals surface area contributed by atoms with Gasteiger partial charge in [0.25, 0.3) is 5.91 Å². The van der Waals surface area contributed by atoms with Crippen LogP contribution in [-0.2, 0) is 20.7 Å². The van der Waals surface area contributed by atoms with Gasteiger partial charge in [0.2, 0.25) is 5.91 Å². The minimum Gasteiger partial charge on any atom is -0.508 e. The fraction of sp³-hybridized carbons (Fsp3) is 0.229. The molecule has 3 N–H and O–H groups in total. The number of alkyl carbamates (subject to hydrolysis) is 1. The Labute approximate surface area is 252 Å². The largest absolute Gasteiger partial charge is 0.508 e. The Balaban J connectivity index is 1.68. The van der Waals surface area contributed by atoms with Gasteiger partial charge >= 0.3 is 6.09 Å². The summed E-state index contributed by atoms with van der Waals surface area (Å²) in [6, 6.07) is 24.9. The van der Waals surface area contributed by atoms with Gasteiger partial charge in [0.15, 0.2) is 0 Å². The number of nitrogens with one attached hydrogen (secondary N) is 2. The molecule has 0 spiro atoms. The summed E-state index contributed by atoms with van der Waals surface area (Å²) in [5.74, 6) is -0.842. The maximum atomic E-state index is 14.1. The minimum absolute atomic E-state index is 0.0800. The molecule has 8 heteroatoms. The van der Waals surface area contributed by atoms with Crippen LogP contribution >= 0.6 is 0 Å². The SMILES string of the molecule is C=Cc1cccc(C(C(=O)Nc2ccc3ccccc3c2)N(C)C(=O)C(Cc2ccc(O)cc2)NC(=O)OC(C)(C)C)c1. The summed E-state index contributed by atoms with van der Waals surface area (Å²) in [4.78, 5) is 42.2. The maximum Gasteiger partial charge on any atom is 0.408 e. The molecule has 0 aromatic heterocycles. The lowest BCUT2D eigenvalue weighted by Crippen LogP contribution is -2.52. The van der Waals surface area contributed by atoms with Crippen LogP contribution in [0.3, 0.4) is 0 Å². The number of anilines is 1. The smallest absolute Gasteiger partial charge is 0.408 e. The third kappa shape index (κ3) is 8.23. The van der Waals surface area contributed by atoms with Crippen LogP contribution in [0.15, 0.2) is 97.6 Å². The summed E-state index contributed by atoms with van der Waals surface area (Å²) in [6.45, 7) is 9.03. The van der Waals surface area contributed by atoms with Crippen molar-refractivity contribution in [2.45, 2.75) is 44.9 Å². The highest BCUT2D eigenvalue weighted by molar-refractivity contribution is 6.00. The van der Waals surface area contributed by atoms with E-state index in [2.05, 4.69) is 17.2 Å². The first-order valence-electron chi connectivity index (χ1n) is 14.0. The van der Waals surface area contributed by atoms with Gasteiger partial charge in [0.1, 0.15) is 23.4 Å². The van der Waals surface area contributed by atoms with Crippen LogP contribution in [0.1, 0.15) is 43.5 Å². The fourth-order valence-electron chi connectivity index (χ4n) is 4.78. The number of phenols is 1. The van der Waals surface area contributed by atoms with Crippen molar-refractivity contribution >= 4 is 40.4 Å². The average Bonchev–Trinajstić information content (AvgIpc) is 2.96. The third-order valence-corrected chi connectivity index (χ3v) is 6.83. The van der Waals surface area contributed by atoms with Gasteiger partial charge in [0, 0.05) is 19.2 Å². The molecular weight excluding hydrogens is 542 g/mol. The van der Waals surface area contributed by atoms with Crippen molar-refractivity contribution in [3.05, 3.63) is 114 Å². The van der Waals surface area contributed by atoms with Crippen LogP contribution in [-0.4, -0.2) is 46.6 Å². The number of likely N-dealkylation sites (N-methyl/N-ethyl adjacent to an activating group) is 1. The zero-order chi connectivity index (χ0) is 31.1. The van der Waals surface area contributed by atoms with Crippen LogP contribution in [0.5, 0.6) is 5.75 Å². The summed E-state index contributed by atoms with van der Waals surface area (Å²) in [6.07, 6.45) is 1.01. The van der Waals surface area contributed by atoms with Crippen molar-refractivity contribution in [2.24, 2.45) is 0 Å². The standard InChI is InChI=1S/C35H37N3O5/c1-6-23-10-9-13-27(20-23)31(32(40)36-28-17-16-25-11-7-8-12-26(25)22-28)38(5)33(41)30(37-34(42)43-35(2,3)4)21-24-14-18-29(39)19-15-24/h6-20,22,30-31,39H,1,21H2,2-5H3,(H,36,40)(H,37,42). The number of carbonyl (C=O) groups excluding carboxylic acids is 3. The van der Waals surface area contributed by atoms with Crippen LogP contribution in [0, 0.1) is 0 Å². The Kier molecular flexibility index (Phi) is 9.50. The number of nitrogens with zero attached hydrogens (tertiary/aromatic N) is 1. The molecule has 0 aliphatic heterocycles. The molecule has 0 heterocycles. The Bertz CT molecular complexity index is 1620. The average molecular weight is 580 g/mol. The molecule has 0 aliphatic carbocycles. The summed E-state index contributed by atoms with van der Waals surface area (Å²) in [7, 11) is 1.54. The zero-order valence-electron chi connectivity index (χ0n) is 24.8. The Morgan fingerprint density at radius 2 is 1.63 bits per heavy atom. The molecule has 222 valence electrons. The lowest BCUT2D eigenvalue weighted by atomic mass is 9.99. The van der Waals surface area contributed by atoms with E-state index in [1.54, 1.807) is 57.2 Å². The lowest BCUT2D eigenvalue weighted by molar-refractivity contribution is -0.139. The Morgan fingerprint density at radius 1 is 0.930 bits per heavy atom. The highest BCUT2D eigenvalue weighted by Crippen LogP contribution is 2.26. The van der Waals surface area contributed by atoms with Gasteiger partial charge in [-0.05, 0) is 78.6 Å². The highest BCUT2D eigenvalue weighted by atomic mass is 16.6. The van der Waals surface area contributed by atoms with Crippen molar-refractivity contribution in [1.82, 2.24) is 10.2 Å². The van der Waals surface area contributed by atoms with E-state index in [0.717, 1.165) is 16.3 Å². The monoisotopic (exact) mass is 579 g/mol. The van der Waals surface area contributed by atoms with Crippen LogP contribution in [0.25, 0.3) is 16.8 Å².